The van der Waals surface area contributed by atoms with Gasteiger partial charge in [-0.25, -0.2) is 4.98 Å². The number of hydrogen-bond donors (Lipinski definition) is 4. The van der Waals surface area contributed by atoms with Gasteiger partial charge < -0.3 is 10.4 Å². The van der Waals surface area contributed by atoms with Crippen molar-refractivity contribution >= 4 is 22.5 Å². The van der Waals surface area contributed by atoms with Gasteiger partial charge in [-0.1, -0.05) is 36.4 Å². The molecule has 0 spiro atoms. The van der Waals surface area contributed by atoms with Gasteiger partial charge in [0.1, 0.15) is 6.33 Å². The van der Waals surface area contributed by atoms with Gasteiger partial charge in [-0.3, -0.25) is 15.0 Å². The number of H-pyrrole nitrogens is 2. The van der Waals surface area contributed by atoms with Crippen LogP contribution in [0, 0.1) is 0 Å². The van der Waals surface area contributed by atoms with E-state index in [-0.39, 0.29) is 5.91 Å². The van der Waals surface area contributed by atoms with Gasteiger partial charge in [0.15, 0.2) is 5.82 Å². The van der Waals surface area contributed by atoms with Gasteiger partial charge in [0.2, 0.25) is 5.91 Å². The fourth-order valence-corrected chi connectivity index (χ4v) is 4.58. The van der Waals surface area contributed by atoms with E-state index in [1.807, 2.05) is 66.7 Å². The Morgan fingerprint density at radius 3 is 2.79 bits per heavy atom. The first-order valence-electron chi connectivity index (χ1n) is 10.7. The third-order valence-electron chi connectivity index (χ3n) is 6.14. The predicted molar refractivity (Wildman–Crippen MR) is 124 cm³/mol. The zero-order chi connectivity index (χ0) is 22.4. The van der Waals surface area contributed by atoms with Gasteiger partial charge in [0.05, 0.1) is 23.2 Å². The summed E-state index contributed by atoms with van der Waals surface area (Å²) in [6.07, 6.45) is 1.23. The summed E-state index contributed by atoms with van der Waals surface area (Å²) in [6, 6.07) is 21.2. The molecule has 2 atom stereocenters. The van der Waals surface area contributed by atoms with Crippen molar-refractivity contribution in [3.63, 3.8) is 0 Å². The normalized spacial score (nSPS) is 17.2. The molecule has 0 fully saturated rings. The topological polar surface area (TPSA) is 120 Å². The lowest BCUT2D eigenvalue weighted by atomic mass is 9.98. The van der Waals surface area contributed by atoms with Crippen LogP contribution in [0.4, 0.5) is 5.69 Å². The van der Waals surface area contributed by atoms with Crippen molar-refractivity contribution in [1.82, 2.24) is 25.4 Å². The van der Waals surface area contributed by atoms with Gasteiger partial charge in [-0.2, -0.15) is 10.2 Å². The van der Waals surface area contributed by atoms with E-state index in [9.17, 15) is 9.90 Å². The number of anilines is 1. The van der Waals surface area contributed by atoms with Crippen LogP contribution in [0.5, 0.6) is 0 Å². The summed E-state index contributed by atoms with van der Waals surface area (Å²) in [5, 5.41) is 28.8. The van der Waals surface area contributed by atoms with E-state index >= 15 is 0 Å². The number of aliphatic hydroxyl groups excluding tert-OH is 1. The Morgan fingerprint density at radius 2 is 1.91 bits per heavy atom. The van der Waals surface area contributed by atoms with E-state index in [0.29, 0.717) is 17.9 Å². The SMILES string of the molecule is O=C(Nc1cccc(-c2n[nH]c3ccc(-c4ncn[nH]4)cc23)c1)[C@H]1c2ccccc2C[C@H]1O. The third kappa shape index (κ3) is 3.37. The first-order valence-corrected chi connectivity index (χ1v) is 10.7. The molecule has 1 amide bonds. The molecule has 2 heterocycles. The Morgan fingerprint density at radius 1 is 1.00 bits per heavy atom. The first kappa shape index (κ1) is 19.4. The number of amides is 1. The highest BCUT2D eigenvalue weighted by Crippen LogP contribution is 2.35. The minimum absolute atomic E-state index is 0.218. The molecule has 2 aromatic heterocycles. The average molecular weight is 436 g/mol. The van der Waals surface area contributed by atoms with Crippen LogP contribution in [0.15, 0.2) is 73.1 Å². The van der Waals surface area contributed by atoms with Gasteiger partial charge in [-0.15, -0.1) is 0 Å². The molecule has 0 radical (unpaired) electrons. The standard InChI is InChI=1S/C25H20N6O2/c32-21-12-14-4-1-2-7-18(14)22(21)25(33)28-17-6-3-5-15(10-17)23-19-11-16(24-26-13-27-31-24)8-9-20(19)29-30-23/h1-11,13,21-22,32H,12H2,(H,28,33)(H,29,30)(H,26,27,31)/t21-,22+/m1/s1. The molecule has 0 unspecified atom stereocenters. The molecule has 0 saturated carbocycles. The van der Waals surface area contributed by atoms with E-state index in [0.717, 1.165) is 38.9 Å². The summed E-state index contributed by atoms with van der Waals surface area (Å²) in [6.45, 7) is 0. The Balaban J connectivity index is 1.31. The minimum atomic E-state index is -0.727. The number of carbonyl (C=O) groups is 1. The number of aromatic nitrogens is 5. The number of nitrogens with one attached hydrogen (secondary N) is 3. The second kappa shape index (κ2) is 7.68. The van der Waals surface area contributed by atoms with Crippen LogP contribution < -0.4 is 5.32 Å². The first-order chi connectivity index (χ1) is 16.2. The number of fused-ring (bicyclic) bond motifs is 2. The van der Waals surface area contributed by atoms with Crippen LogP contribution in [-0.4, -0.2) is 42.5 Å². The molecular formula is C25H20N6O2. The highest BCUT2D eigenvalue weighted by molar-refractivity contribution is 5.99. The van der Waals surface area contributed by atoms with E-state index in [2.05, 4.69) is 30.7 Å². The second-order valence-corrected chi connectivity index (χ2v) is 8.18. The molecule has 1 aliphatic rings. The zero-order valence-corrected chi connectivity index (χ0v) is 17.5. The Bertz CT molecular complexity index is 1470. The largest absolute Gasteiger partial charge is 0.392 e. The quantitative estimate of drug-likeness (QED) is 0.343. The molecule has 8 nitrogen and oxygen atoms in total. The summed E-state index contributed by atoms with van der Waals surface area (Å²) in [5.74, 6) is -0.120. The molecule has 0 bridgehead atoms. The Kier molecular flexibility index (Phi) is 4.51. The molecule has 162 valence electrons. The van der Waals surface area contributed by atoms with Crippen LogP contribution in [0.1, 0.15) is 17.0 Å². The number of aliphatic hydroxyl groups is 1. The highest BCUT2D eigenvalue weighted by Gasteiger charge is 2.36. The molecule has 0 saturated heterocycles. The van der Waals surface area contributed by atoms with Crippen molar-refractivity contribution in [2.75, 3.05) is 5.32 Å². The lowest BCUT2D eigenvalue weighted by molar-refractivity contribution is -0.119. The minimum Gasteiger partial charge on any atom is -0.392 e. The second-order valence-electron chi connectivity index (χ2n) is 8.18. The number of carbonyl (C=O) groups excluding carboxylic acids is 1. The monoisotopic (exact) mass is 436 g/mol. The van der Waals surface area contributed by atoms with Crippen molar-refractivity contribution in [2.24, 2.45) is 0 Å². The molecule has 5 aromatic rings. The molecule has 8 heteroatoms. The van der Waals surface area contributed by atoms with Gasteiger partial charge in [0, 0.05) is 22.2 Å². The smallest absolute Gasteiger partial charge is 0.234 e. The van der Waals surface area contributed by atoms with Crippen LogP contribution >= 0.6 is 0 Å². The average Bonchev–Trinajstić information content (AvgIpc) is 3.56. The third-order valence-corrected chi connectivity index (χ3v) is 6.14. The summed E-state index contributed by atoms with van der Waals surface area (Å²) in [5.41, 5.74) is 5.99. The molecule has 33 heavy (non-hydrogen) atoms. The fraction of sp³-hybridized carbons (Fsp3) is 0.120. The number of hydrogen-bond acceptors (Lipinski definition) is 5. The van der Waals surface area contributed by atoms with E-state index in [1.54, 1.807) is 0 Å². The maximum atomic E-state index is 13.1. The van der Waals surface area contributed by atoms with Crippen LogP contribution in [-0.2, 0) is 11.2 Å². The fourth-order valence-electron chi connectivity index (χ4n) is 4.58. The van der Waals surface area contributed by atoms with Crippen molar-refractivity contribution in [2.45, 2.75) is 18.4 Å². The number of benzene rings is 3. The molecule has 1 aliphatic carbocycles. The lowest BCUT2D eigenvalue weighted by Crippen LogP contribution is -2.27. The van der Waals surface area contributed by atoms with Gasteiger partial charge in [0.25, 0.3) is 0 Å². The van der Waals surface area contributed by atoms with Crippen LogP contribution in [0.2, 0.25) is 0 Å². The molecule has 4 N–H and O–H groups in total. The van der Waals surface area contributed by atoms with Crippen molar-refractivity contribution < 1.29 is 9.90 Å². The van der Waals surface area contributed by atoms with Gasteiger partial charge >= 0.3 is 0 Å². The van der Waals surface area contributed by atoms with Crippen LogP contribution in [0.25, 0.3) is 33.5 Å². The van der Waals surface area contributed by atoms with E-state index < -0.39 is 12.0 Å². The number of aromatic amines is 2. The van der Waals surface area contributed by atoms with Gasteiger partial charge in [-0.05, 0) is 47.9 Å². The Labute approximate surface area is 188 Å². The van der Waals surface area contributed by atoms with E-state index in [4.69, 9.17) is 0 Å². The maximum Gasteiger partial charge on any atom is 0.234 e. The highest BCUT2D eigenvalue weighted by atomic mass is 16.3. The predicted octanol–water partition coefficient (Wildman–Crippen LogP) is 3.65. The molecule has 6 rings (SSSR count). The molecule has 0 aliphatic heterocycles. The summed E-state index contributed by atoms with van der Waals surface area (Å²) >= 11 is 0. The molecule has 3 aromatic carbocycles. The zero-order valence-electron chi connectivity index (χ0n) is 17.5. The number of rotatable bonds is 4. The number of nitrogens with zero attached hydrogens (tertiary/aromatic N) is 3. The van der Waals surface area contributed by atoms with Crippen LogP contribution in [0.3, 0.4) is 0 Å². The lowest BCUT2D eigenvalue weighted by Gasteiger charge is -2.16. The summed E-state index contributed by atoms with van der Waals surface area (Å²) in [4.78, 5) is 17.3. The maximum absolute atomic E-state index is 13.1. The summed E-state index contributed by atoms with van der Waals surface area (Å²) in [7, 11) is 0. The van der Waals surface area contributed by atoms with Crippen molar-refractivity contribution in [3.8, 4) is 22.6 Å². The van der Waals surface area contributed by atoms with Crippen molar-refractivity contribution in [3.05, 3.63) is 84.2 Å². The molecular weight excluding hydrogens is 416 g/mol. The summed E-state index contributed by atoms with van der Waals surface area (Å²) < 4.78 is 0. The van der Waals surface area contributed by atoms with E-state index in [1.165, 1.54) is 6.33 Å². The van der Waals surface area contributed by atoms with Crippen molar-refractivity contribution in [1.29, 1.82) is 0 Å². The Hall–Kier alpha value is -4.30.